The summed E-state index contributed by atoms with van der Waals surface area (Å²) in [5.74, 6) is -0.730. The molecule has 11 heavy (non-hydrogen) atoms. The van der Waals surface area contributed by atoms with Crippen LogP contribution in [0, 0.1) is 0 Å². The second-order valence-corrected chi connectivity index (χ2v) is 2.43. The molecule has 1 aliphatic rings. The minimum absolute atomic E-state index is 0.291. The van der Waals surface area contributed by atoms with Crippen LogP contribution in [0.1, 0.15) is 6.42 Å². The van der Waals surface area contributed by atoms with Crippen LogP contribution < -0.4 is 11.1 Å². The van der Waals surface area contributed by atoms with Crippen molar-refractivity contribution in [2.45, 2.75) is 18.5 Å². The number of nitrogens with two attached hydrogens (primary N) is 1. The molecule has 2 atom stereocenters. The van der Waals surface area contributed by atoms with Gasteiger partial charge in [0, 0.05) is 6.42 Å². The Morgan fingerprint density at radius 1 is 1.82 bits per heavy atom. The number of ether oxygens (including phenoxy) is 1. The number of carbonyl (C=O) groups excluding carboxylic acids is 2. The number of carbonyl (C=O) groups is 2. The molecule has 0 aromatic carbocycles. The Kier molecular flexibility index (Phi) is 2.09. The summed E-state index contributed by atoms with van der Waals surface area (Å²) in [7, 11) is 1.28. The third-order valence-electron chi connectivity index (χ3n) is 1.63. The molecule has 0 unspecified atom stereocenters. The maximum Gasteiger partial charge on any atom is 0.328 e. The third-order valence-corrected chi connectivity index (χ3v) is 1.63. The van der Waals surface area contributed by atoms with Gasteiger partial charge in [-0.2, -0.15) is 0 Å². The zero-order valence-corrected chi connectivity index (χ0v) is 6.16. The molecule has 1 fully saturated rings. The van der Waals surface area contributed by atoms with Gasteiger partial charge in [0.15, 0.2) is 0 Å². The first-order chi connectivity index (χ1) is 5.15. The van der Waals surface area contributed by atoms with E-state index in [1.807, 2.05) is 0 Å². The van der Waals surface area contributed by atoms with Gasteiger partial charge >= 0.3 is 5.97 Å². The Bertz CT molecular complexity index is 192. The Hall–Kier alpha value is -1.10. The summed E-state index contributed by atoms with van der Waals surface area (Å²) in [6.07, 6.45) is 0.325. The average molecular weight is 158 g/mol. The average Bonchev–Trinajstić information content (AvgIpc) is 2.31. The van der Waals surface area contributed by atoms with Crippen LogP contribution in [-0.2, 0) is 14.3 Å². The predicted molar refractivity (Wildman–Crippen MR) is 36.5 cm³/mol. The van der Waals surface area contributed by atoms with Crippen molar-refractivity contribution in [2.75, 3.05) is 7.11 Å². The van der Waals surface area contributed by atoms with Gasteiger partial charge in [-0.05, 0) is 0 Å². The predicted octanol–water partition coefficient (Wildman–Crippen LogP) is -1.62. The number of amides is 1. The van der Waals surface area contributed by atoms with Gasteiger partial charge in [-0.1, -0.05) is 0 Å². The number of hydrogen-bond acceptors (Lipinski definition) is 4. The van der Waals surface area contributed by atoms with E-state index in [0.29, 0.717) is 6.42 Å². The molecular formula is C6H10N2O3. The topological polar surface area (TPSA) is 81.4 Å². The fourth-order valence-corrected chi connectivity index (χ4v) is 0.996. The van der Waals surface area contributed by atoms with Gasteiger partial charge in [0.2, 0.25) is 5.91 Å². The SMILES string of the molecule is COC(=O)[C@H]1C[C@H](N)C(=O)N1. The molecule has 62 valence electrons. The van der Waals surface area contributed by atoms with Crippen molar-refractivity contribution >= 4 is 11.9 Å². The van der Waals surface area contributed by atoms with Gasteiger partial charge in [0.1, 0.15) is 6.04 Å². The number of esters is 1. The molecule has 0 radical (unpaired) electrons. The number of methoxy groups -OCH3 is 1. The normalized spacial score (nSPS) is 29.8. The van der Waals surface area contributed by atoms with E-state index in [9.17, 15) is 9.59 Å². The molecule has 0 spiro atoms. The van der Waals surface area contributed by atoms with Crippen LogP contribution in [0.25, 0.3) is 0 Å². The Morgan fingerprint density at radius 2 is 2.45 bits per heavy atom. The molecule has 1 rings (SSSR count). The minimum atomic E-state index is -0.570. The van der Waals surface area contributed by atoms with Gasteiger partial charge in [-0.25, -0.2) is 4.79 Å². The molecule has 1 saturated heterocycles. The minimum Gasteiger partial charge on any atom is -0.467 e. The van der Waals surface area contributed by atoms with E-state index < -0.39 is 18.1 Å². The van der Waals surface area contributed by atoms with Crippen LogP contribution in [-0.4, -0.2) is 31.1 Å². The number of rotatable bonds is 1. The third kappa shape index (κ3) is 1.48. The zero-order valence-electron chi connectivity index (χ0n) is 6.16. The molecule has 1 heterocycles. The van der Waals surface area contributed by atoms with Crippen molar-refractivity contribution in [3.63, 3.8) is 0 Å². The van der Waals surface area contributed by atoms with Crippen molar-refractivity contribution in [2.24, 2.45) is 5.73 Å². The van der Waals surface area contributed by atoms with Crippen molar-refractivity contribution < 1.29 is 14.3 Å². The summed E-state index contributed by atoms with van der Waals surface area (Å²) in [5, 5.41) is 2.42. The molecule has 0 aromatic heterocycles. The lowest BCUT2D eigenvalue weighted by molar-refractivity contribution is -0.143. The highest BCUT2D eigenvalue weighted by Gasteiger charge is 2.34. The van der Waals surface area contributed by atoms with Crippen molar-refractivity contribution in [1.29, 1.82) is 0 Å². The van der Waals surface area contributed by atoms with E-state index in [4.69, 9.17) is 5.73 Å². The van der Waals surface area contributed by atoms with Gasteiger partial charge in [0.25, 0.3) is 0 Å². The second kappa shape index (κ2) is 2.87. The van der Waals surface area contributed by atoms with Gasteiger partial charge in [0.05, 0.1) is 13.2 Å². The summed E-state index contributed by atoms with van der Waals surface area (Å²) in [4.78, 5) is 21.6. The Morgan fingerprint density at radius 3 is 2.82 bits per heavy atom. The first kappa shape index (κ1) is 8.00. The molecule has 0 aromatic rings. The molecule has 3 N–H and O–H groups in total. The van der Waals surface area contributed by atoms with Crippen LogP contribution in [0.5, 0.6) is 0 Å². The zero-order chi connectivity index (χ0) is 8.43. The summed E-state index contributed by atoms with van der Waals surface area (Å²) in [6, 6.07) is -1.12. The fourth-order valence-electron chi connectivity index (χ4n) is 0.996. The van der Waals surface area contributed by atoms with Crippen LogP contribution >= 0.6 is 0 Å². The van der Waals surface area contributed by atoms with E-state index in [1.54, 1.807) is 0 Å². The smallest absolute Gasteiger partial charge is 0.328 e. The van der Waals surface area contributed by atoms with E-state index in [-0.39, 0.29) is 5.91 Å². The van der Waals surface area contributed by atoms with Gasteiger partial charge in [-0.3, -0.25) is 4.79 Å². The fraction of sp³-hybridized carbons (Fsp3) is 0.667. The monoisotopic (exact) mass is 158 g/mol. The first-order valence-corrected chi connectivity index (χ1v) is 3.29. The first-order valence-electron chi connectivity index (χ1n) is 3.29. The molecule has 5 nitrogen and oxygen atoms in total. The lowest BCUT2D eigenvalue weighted by Crippen LogP contribution is -2.35. The molecule has 0 saturated carbocycles. The summed E-state index contributed by atoms with van der Waals surface area (Å²) in [6.45, 7) is 0. The highest BCUT2D eigenvalue weighted by molar-refractivity contribution is 5.91. The number of nitrogens with one attached hydrogen (secondary N) is 1. The van der Waals surface area contributed by atoms with E-state index in [2.05, 4.69) is 10.1 Å². The van der Waals surface area contributed by atoms with Gasteiger partial charge in [-0.15, -0.1) is 0 Å². The van der Waals surface area contributed by atoms with Crippen LogP contribution in [0.4, 0.5) is 0 Å². The summed E-state index contributed by atoms with van der Waals surface area (Å²) >= 11 is 0. The van der Waals surface area contributed by atoms with Crippen molar-refractivity contribution in [1.82, 2.24) is 5.32 Å². The lowest BCUT2D eigenvalue weighted by atomic mass is 10.2. The van der Waals surface area contributed by atoms with Crippen LogP contribution in [0.15, 0.2) is 0 Å². The van der Waals surface area contributed by atoms with E-state index >= 15 is 0 Å². The molecular weight excluding hydrogens is 148 g/mol. The van der Waals surface area contributed by atoms with Crippen molar-refractivity contribution in [3.8, 4) is 0 Å². The Labute approximate surface area is 63.9 Å². The van der Waals surface area contributed by atoms with E-state index in [0.717, 1.165) is 0 Å². The van der Waals surface area contributed by atoms with Crippen LogP contribution in [0.2, 0.25) is 0 Å². The van der Waals surface area contributed by atoms with E-state index in [1.165, 1.54) is 7.11 Å². The number of hydrogen-bond donors (Lipinski definition) is 2. The summed E-state index contributed by atoms with van der Waals surface area (Å²) in [5.41, 5.74) is 5.34. The quantitative estimate of drug-likeness (QED) is 0.449. The Balaban J connectivity index is 2.53. The highest BCUT2D eigenvalue weighted by Crippen LogP contribution is 2.06. The van der Waals surface area contributed by atoms with Crippen LogP contribution in [0.3, 0.4) is 0 Å². The largest absolute Gasteiger partial charge is 0.467 e. The lowest BCUT2D eigenvalue weighted by Gasteiger charge is -2.04. The molecule has 0 bridgehead atoms. The molecule has 0 aliphatic carbocycles. The standard InChI is InChI=1S/C6H10N2O3/c1-11-6(10)4-2-3(7)5(9)8-4/h3-4H,2,7H2,1H3,(H,8,9)/t3-,4+/m0/s1. The maximum absolute atomic E-state index is 10.8. The van der Waals surface area contributed by atoms with Gasteiger partial charge < -0.3 is 15.8 Å². The highest BCUT2D eigenvalue weighted by atomic mass is 16.5. The molecule has 1 amide bonds. The molecule has 5 heteroatoms. The second-order valence-electron chi connectivity index (χ2n) is 2.43. The summed E-state index contributed by atoms with van der Waals surface area (Å²) < 4.78 is 4.42. The molecule has 1 aliphatic heterocycles. The van der Waals surface area contributed by atoms with Crippen molar-refractivity contribution in [3.05, 3.63) is 0 Å². The maximum atomic E-state index is 10.8.